The number of rotatable bonds is 5. The van der Waals surface area contributed by atoms with Crippen LogP contribution in [0.25, 0.3) is 0 Å². The van der Waals surface area contributed by atoms with E-state index in [1.807, 2.05) is 18.2 Å². The van der Waals surface area contributed by atoms with Crippen molar-refractivity contribution in [3.8, 4) is 5.75 Å². The average molecular weight is 287 g/mol. The summed E-state index contributed by atoms with van der Waals surface area (Å²) in [6.45, 7) is 5.94. The second-order valence-electron chi connectivity index (χ2n) is 4.08. The van der Waals surface area contributed by atoms with E-state index in [1.165, 1.54) is 0 Å². The van der Waals surface area contributed by atoms with E-state index in [0.717, 1.165) is 28.6 Å². The van der Waals surface area contributed by atoms with E-state index in [-0.39, 0.29) is 6.10 Å². The molecule has 0 bridgehead atoms. The van der Waals surface area contributed by atoms with Crippen molar-refractivity contribution >= 4 is 15.9 Å². The molecule has 2 atom stereocenters. The molecule has 0 spiro atoms. The van der Waals surface area contributed by atoms with E-state index < -0.39 is 6.10 Å². The first-order chi connectivity index (χ1) is 7.54. The number of benzene rings is 1. The molecule has 0 aromatic heterocycles. The van der Waals surface area contributed by atoms with E-state index in [0.29, 0.717) is 0 Å². The second kappa shape index (κ2) is 6.26. The van der Waals surface area contributed by atoms with Gasteiger partial charge in [-0.15, -0.1) is 0 Å². The van der Waals surface area contributed by atoms with E-state index in [9.17, 15) is 5.11 Å². The maximum atomic E-state index is 9.64. The molecule has 0 saturated carbocycles. The third-order valence-electron chi connectivity index (χ3n) is 2.45. The Balaban J connectivity index is 2.87. The first-order valence-electron chi connectivity index (χ1n) is 5.68. The quantitative estimate of drug-likeness (QED) is 0.884. The number of hydrogen-bond acceptors (Lipinski definition) is 2. The molecule has 2 nitrogen and oxygen atoms in total. The minimum absolute atomic E-state index is 0.178. The Labute approximate surface area is 106 Å². The van der Waals surface area contributed by atoms with Gasteiger partial charge >= 0.3 is 0 Å². The van der Waals surface area contributed by atoms with Crippen LogP contribution in [0.1, 0.15) is 45.3 Å². The van der Waals surface area contributed by atoms with Crippen molar-refractivity contribution in [1.29, 1.82) is 0 Å². The minimum Gasteiger partial charge on any atom is -0.490 e. The molecule has 0 aliphatic rings. The Morgan fingerprint density at radius 1 is 1.38 bits per heavy atom. The monoisotopic (exact) mass is 286 g/mol. The topological polar surface area (TPSA) is 29.5 Å². The number of aliphatic hydroxyl groups excluding tert-OH is 1. The molecule has 0 aliphatic heterocycles. The van der Waals surface area contributed by atoms with Gasteiger partial charge in [-0.05, 0) is 32.4 Å². The zero-order chi connectivity index (χ0) is 12.1. The predicted octanol–water partition coefficient (Wildman–Crippen LogP) is 4.07. The molecule has 16 heavy (non-hydrogen) atoms. The van der Waals surface area contributed by atoms with Crippen LogP contribution in [0, 0.1) is 0 Å². The summed E-state index contributed by atoms with van der Waals surface area (Å²) < 4.78 is 6.81. The van der Waals surface area contributed by atoms with Crippen LogP contribution in [0.15, 0.2) is 22.7 Å². The van der Waals surface area contributed by atoms with Gasteiger partial charge in [0.2, 0.25) is 0 Å². The molecule has 2 unspecified atom stereocenters. The SMILES string of the molecule is CCCC(C)Oc1cc(Br)ccc1C(C)O. The predicted molar refractivity (Wildman–Crippen MR) is 69.8 cm³/mol. The smallest absolute Gasteiger partial charge is 0.126 e. The van der Waals surface area contributed by atoms with Gasteiger partial charge in [-0.2, -0.15) is 0 Å². The van der Waals surface area contributed by atoms with E-state index in [2.05, 4.69) is 29.8 Å². The highest BCUT2D eigenvalue weighted by atomic mass is 79.9. The normalized spacial score (nSPS) is 14.6. The fraction of sp³-hybridized carbons (Fsp3) is 0.538. The van der Waals surface area contributed by atoms with Gasteiger partial charge < -0.3 is 9.84 Å². The van der Waals surface area contributed by atoms with Crippen molar-refractivity contribution < 1.29 is 9.84 Å². The molecule has 0 aliphatic carbocycles. The van der Waals surface area contributed by atoms with Crippen LogP contribution >= 0.6 is 15.9 Å². The van der Waals surface area contributed by atoms with Gasteiger partial charge in [0.05, 0.1) is 12.2 Å². The Hall–Kier alpha value is -0.540. The van der Waals surface area contributed by atoms with Gasteiger partial charge in [0.15, 0.2) is 0 Å². The van der Waals surface area contributed by atoms with Crippen molar-refractivity contribution in [3.63, 3.8) is 0 Å². The van der Waals surface area contributed by atoms with Crippen molar-refractivity contribution in [2.45, 2.75) is 45.8 Å². The fourth-order valence-corrected chi connectivity index (χ4v) is 1.98. The number of hydrogen-bond donors (Lipinski definition) is 1. The summed E-state index contributed by atoms with van der Waals surface area (Å²) >= 11 is 3.41. The Bertz CT molecular complexity index is 337. The van der Waals surface area contributed by atoms with Crippen LogP contribution in [-0.4, -0.2) is 11.2 Å². The third kappa shape index (κ3) is 3.80. The number of aliphatic hydroxyl groups is 1. The van der Waals surface area contributed by atoms with Crippen LogP contribution in [0.3, 0.4) is 0 Å². The van der Waals surface area contributed by atoms with Gasteiger partial charge in [0, 0.05) is 10.0 Å². The van der Waals surface area contributed by atoms with E-state index in [1.54, 1.807) is 6.92 Å². The Morgan fingerprint density at radius 2 is 2.06 bits per heavy atom. The molecular formula is C13H19BrO2. The summed E-state index contributed by atoms with van der Waals surface area (Å²) in [6.07, 6.45) is 1.79. The number of ether oxygens (including phenoxy) is 1. The standard InChI is InChI=1S/C13H19BrO2/c1-4-5-9(2)16-13-8-11(14)6-7-12(13)10(3)15/h6-10,15H,4-5H2,1-3H3. The highest BCUT2D eigenvalue weighted by molar-refractivity contribution is 9.10. The van der Waals surface area contributed by atoms with Gasteiger partial charge in [0.1, 0.15) is 5.75 Å². The maximum absolute atomic E-state index is 9.64. The Kier molecular flexibility index (Phi) is 5.29. The summed E-state index contributed by atoms with van der Waals surface area (Å²) in [4.78, 5) is 0. The lowest BCUT2D eigenvalue weighted by atomic mass is 10.1. The molecule has 0 amide bonds. The first-order valence-corrected chi connectivity index (χ1v) is 6.48. The van der Waals surface area contributed by atoms with Crippen molar-refractivity contribution in [2.24, 2.45) is 0 Å². The molecule has 0 radical (unpaired) electrons. The van der Waals surface area contributed by atoms with Crippen LogP contribution in [0.5, 0.6) is 5.75 Å². The summed E-state index contributed by atoms with van der Waals surface area (Å²) in [5.74, 6) is 0.769. The first kappa shape index (κ1) is 13.5. The molecule has 1 aromatic carbocycles. The van der Waals surface area contributed by atoms with Gasteiger partial charge in [0.25, 0.3) is 0 Å². The maximum Gasteiger partial charge on any atom is 0.126 e. The van der Waals surface area contributed by atoms with Crippen molar-refractivity contribution in [3.05, 3.63) is 28.2 Å². The molecule has 90 valence electrons. The fourth-order valence-electron chi connectivity index (χ4n) is 1.64. The molecule has 0 saturated heterocycles. The highest BCUT2D eigenvalue weighted by Crippen LogP contribution is 2.29. The molecule has 1 rings (SSSR count). The molecule has 3 heteroatoms. The lowest BCUT2D eigenvalue weighted by Gasteiger charge is -2.18. The second-order valence-corrected chi connectivity index (χ2v) is 4.99. The lowest BCUT2D eigenvalue weighted by molar-refractivity contribution is 0.174. The Morgan fingerprint density at radius 3 is 2.62 bits per heavy atom. The zero-order valence-corrected chi connectivity index (χ0v) is 11.6. The van der Waals surface area contributed by atoms with Crippen LogP contribution < -0.4 is 4.74 Å². The van der Waals surface area contributed by atoms with Crippen LogP contribution in [0.4, 0.5) is 0 Å². The summed E-state index contributed by atoms with van der Waals surface area (Å²) in [5, 5.41) is 9.64. The summed E-state index contributed by atoms with van der Waals surface area (Å²) in [5.41, 5.74) is 0.839. The summed E-state index contributed by atoms with van der Waals surface area (Å²) in [7, 11) is 0. The van der Waals surface area contributed by atoms with Gasteiger partial charge in [-0.25, -0.2) is 0 Å². The van der Waals surface area contributed by atoms with Crippen molar-refractivity contribution in [1.82, 2.24) is 0 Å². The molecule has 0 heterocycles. The zero-order valence-electron chi connectivity index (χ0n) is 10.0. The third-order valence-corrected chi connectivity index (χ3v) is 2.94. The average Bonchev–Trinajstić information content (AvgIpc) is 2.17. The van der Waals surface area contributed by atoms with Crippen molar-refractivity contribution in [2.75, 3.05) is 0 Å². The molecule has 1 aromatic rings. The van der Waals surface area contributed by atoms with Crippen LogP contribution in [0.2, 0.25) is 0 Å². The number of halogens is 1. The highest BCUT2D eigenvalue weighted by Gasteiger charge is 2.12. The largest absolute Gasteiger partial charge is 0.490 e. The molecule has 0 fully saturated rings. The summed E-state index contributed by atoms with van der Waals surface area (Å²) in [6, 6.07) is 5.72. The van der Waals surface area contributed by atoms with E-state index >= 15 is 0 Å². The van der Waals surface area contributed by atoms with Crippen LogP contribution in [-0.2, 0) is 0 Å². The lowest BCUT2D eigenvalue weighted by Crippen LogP contribution is -2.12. The van der Waals surface area contributed by atoms with E-state index in [4.69, 9.17) is 4.74 Å². The molecule has 1 N–H and O–H groups in total. The van der Waals surface area contributed by atoms with Gasteiger partial charge in [-0.1, -0.05) is 35.3 Å². The molecular weight excluding hydrogens is 268 g/mol. The minimum atomic E-state index is -0.503. The van der Waals surface area contributed by atoms with Gasteiger partial charge in [-0.3, -0.25) is 0 Å².